The molecule has 0 aliphatic heterocycles. The van der Waals surface area contributed by atoms with Gasteiger partial charge < -0.3 is 16.0 Å². The zero-order valence-corrected chi connectivity index (χ0v) is 12.6. The van der Waals surface area contributed by atoms with Gasteiger partial charge in [0.15, 0.2) is 5.96 Å². The summed E-state index contributed by atoms with van der Waals surface area (Å²) in [6.45, 7) is 1.26. The van der Waals surface area contributed by atoms with E-state index < -0.39 is 12.6 Å². The number of aliphatic imine (C=N–C) groups is 1. The summed E-state index contributed by atoms with van der Waals surface area (Å²) in [6, 6.07) is 5.66. The molecule has 0 spiro atoms. The predicted molar refractivity (Wildman–Crippen MR) is 82.0 cm³/mol. The maximum atomic E-state index is 12.0. The fraction of sp³-hybridized carbons (Fsp3) is 0.571. The van der Waals surface area contributed by atoms with E-state index in [1.807, 2.05) is 18.2 Å². The molecule has 0 fully saturated rings. The van der Waals surface area contributed by atoms with Crippen LogP contribution in [0.15, 0.2) is 29.4 Å². The van der Waals surface area contributed by atoms with Crippen LogP contribution in [0.1, 0.15) is 19.3 Å². The molecule has 0 bridgehead atoms. The first kappa shape index (κ1) is 18.1. The molecule has 124 valence electrons. The van der Waals surface area contributed by atoms with Crippen molar-refractivity contribution in [3.05, 3.63) is 24.4 Å². The Morgan fingerprint density at radius 1 is 1.14 bits per heavy atom. The number of halogens is 3. The van der Waals surface area contributed by atoms with Crippen LogP contribution >= 0.6 is 0 Å². The maximum Gasteiger partial charge on any atom is 0.390 e. The maximum absolute atomic E-state index is 12.0. The minimum Gasteiger partial charge on any atom is -0.370 e. The van der Waals surface area contributed by atoms with Crippen molar-refractivity contribution in [1.82, 2.24) is 15.6 Å². The number of aromatic nitrogens is 1. The highest BCUT2D eigenvalue weighted by molar-refractivity contribution is 5.79. The lowest BCUT2D eigenvalue weighted by atomic mass is 10.3. The highest BCUT2D eigenvalue weighted by Crippen LogP contribution is 2.17. The lowest BCUT2D eigenvalue weighted by Gasteiger charge is -2.13. The Morgan fingerprint density at radius 2 is 1.86 bits per heavy atom. The average Bonchev–Trinajstić information content (AvgIpc) is 2.48. The molecule has 8 heteroatoms. The number of pyridine rings is 1. The molecule has 22 heavy (non-hydrogen) atoms. The highest BCUT2D eigenvalue weighted by Gasteiger charge is 2.26. The molecular weight excluding hydrogens is 295 g/mol. The molecule has 0 aliphatic carbocycles. The smallest absolute Gasteiger partial charge is 0.370 e. The number of anilines is 1. The minimum absolute atomic E-state index is 0.176. The van der Waals surface area contributed by atoms with E-state index >= 15 is 0 Å². The minimum atomic E-state index is -4.15. The fourth-order valence-electron chi connectivity index (χ4n) is 1.68. The van der Waals surface area contributed by atoms with Crippen molar-refractivity contribution in [2.75, 3.05) is 32.0 Å². The third-order valence-electron chi connectivity index (χ3n) is 2.79. The summed E-state index contributed by atoms with van der Waals surface area (Å²) >= 11 is 0. The van der Waals surface area contributed by atoms with Gasteiger partial charge in [-0.05, 0) is 25.0 Å². The van der Waals surface area contributed by atoms with Crippen LogP contribution in [-0.4, -0.2) is 43.8 Å². The van der Waals surface area contributed by atoms with Crippen LogP contribution in [0.3, 0.4) is 0 Å². The summed E-state index contributed by atoms with van der Waals surface area (Å²) in [4.78, 5) is 8.02. The number of alkyl halides is 3. The predicted octanol–water partition coefficient (Wildman–Crippen LogP) is 2.39. The molecule has 1 aromatic heterocycles. The fourth-order valence-corrected chi connectivity index (χ4v) is 1.68. The Balaban J connectivity index is 2.05. The largest absolute Gasteiger partial charge is 0.390 e. The molecule has 0 saturated heterocycles. The SMILES string of the molecule is CN=C(NCCCCNc1ccccn1)NCCC(F)(F)F. The third kappa shape index (κ3) is 9.04. The number of nitrogens with zero attached hydrogens (tertiary/aromatic N) is 2. The summed E-state index contributed by atoms with van der Waals surface area (Å²) < 4.78 is 36.1. The van der Waals surface area contributed by atoms with Gasteiger partial charge in [0.25, 0.3) is 0 Å². The van der Waals surface area contributed by atoms with Crippen molar-refractivity contribution in [2.45, 2.75) is 25.4 Å². The van der Waals surface area contributed by atoms with E-state index in [1.54, 1.807) is 6.20 Å². The summed E-state index contributed by atoms with van der Waals surface area (Å²) in [5, 5.41) is 8.81. The van der Waals surface area contributed by atoms with Gasteiger partial charge >= 0.3 is 6.18 Å². The summed E-state index contributed by atoms with van der Waals surface area (Å²) in [6.07, 6.45) is -1.51. The number of hydrogen-bond donors (Lipinski definition) is 3. The van der Waals surface area contributed by atoms with Crippen molar-refractivity contribution in [3.63, 3.8) is 0 Å². The first-order valence-corrected chi connectivity index (χ1v) is 7.17. The second-order valence-electron chi connectivity index (χ2n) is 4.64. The van der Waals surface area contributed by atoms with Gasteiger partial charge in [-0.15, -0.1) is 0 Å². The summed E-state index contributed by atoms with van der Waals surface area (Å²) in [5.74, 6) is 1.22. The molecule has 5 nitrogen and oxygen atoms in total. The Labute approximate surface area is 128 Å². The molecule has 1 heterocycles. The van der Waals surface area contributed by atoms with Gasteiger partial charge in [-0.2, -0.15) is 13.2 Å². The molecule has 0 aliphatic rings. The third-order valence-corrected chi connectivity index (χ3v) is 2.79. The molecule has 0 unspecified atom stereocenters. The van der Waals surface area contributed by atoms with E-state index in [9.17, 15) is 13.2 Å². The molecular formula is C14H22F3N5. The van der Waals surface area contributed by atoms with Gasteiger partial charge in [0.2, 0.25) is 0 Å². The van der Waals surface area contributed by atoms with Gasteiger partial charge in [0, 0.05) is 32.9 Å². The van der Waals surface area contributed by atoms with E-state index in [-0.39, 0.29) is 6.54 Å². The van der Waals surface area contributed by atoms with E-state index in [0.717, 1.165) is 25.2 Å². The highest BCUT2D eigenvalue weighted by atomic mass is 19.4. The normalized spacial score (nSPS) is 12.1. The van der Waals surface area contributed by atoms with Crippen LogP contribution in [0.5, 0.6) is 0 Å². The van der Waals surface area contributed by atoms with Crippen molar-refractivity contribution < 1.29 is 13.2 Å². The lowest BCUT2D eigenvalue weighted by molar-refractivity contribution is -0.132. The van der Waals surface area contributed by atoms with Crippen molar-refractivity contribution in [2.24, 2.45) is 4.99 Å². The number of nitrogens with one attached hydrogen (secondary N) is 3. The van der Waals surface area contributed by atoms with Crippen molar-refractivity contribution in [1.29, 1.82) is 0 Å². The molecule has 0 aromatic carbocycles. The van der Waals surface area contributed by atoms with Gasteiger partial charge in [-0.25, -0.2) is 4.98 Å². The quantitative estimate of drug-likeness (QED) is 0.391. The molecule has 0 amide bonds. The summed E-state index contributed by atoms with van der Waals surface area (Å²) in [5.41, 5.74) is 0. The van der Waals surface area contributed by atoms with E-state index in [0.29, 0.717) is 12.5 Å². The van der Waals surface area contributed by atoms with Crippen LogP contribution < -0.4 is 16.0 Å². The number of hydrogen-bond acceptors (Lipinski definition) is 3. The molecule has 0 radical (unpaired) electrons. The van der Waals surface area contributed by atoms with Crippen molar-refractivity contribution >= 4 is 11.8 Å². The topological polar surface area (TPSA) is 61.3 Å². The van der Waals surface area contributed by atoms with Crippen LogP contribution in [-0.2, 0) is 0 Å². The van der Waals surface area contributed by atoms with Crippen LogP contribution in [0.4, 0.5) is 19.0 Å². The molecule has 1 rings (SSSR count). The Kier molecular flexibility index (Phi) is 8.09. The first-order chi connectivity index (χ1) is 10.5. The zero-order valence-electron chi connectivity index (χ0n) is 12.6. The van der Waals surface area contributed by atoms with Gasteiger partial charge in [0.05, 0.1) is 6.42 Å². The molecule has 0 atom stereocenters. The second-order valence-corrected chi connectivity index (χ2v) is 4.64. The lowest BCUT2D eigenvalue weighted by Crippen LogP contribution is -2.39. The standard InChI is InChI=1S/C14H22F3N5/c1-18-13(22-11-7-14(15,16)17)21-10-5-4-9-20-12-6-2-3-8-19-12/h2-3,6,8H,4-5,7,9-11H2,1H3,(H,19,20)(H2,18,21,22). The molecule has 0 saturated carbocycles. The summed E-state index contributed by atoms with van der Waals surface area (Å²) in [7, 11) is 1.53. The second kappa shape index (κ2) is 9.86. The van der Waals surface area contributed by atoms with Gasteiger partial charge in [0.1, 0.15) is 5.82 Å². The molecule has 3 N–H and O–H groups in total. The molecule has 1 aromatic rings. The van der Waals surface area contributed by atoms with Crippen molar-refractivity contribution in [3.8, 4) is 0 Å². The van der Waals surface area contributed by atoms with Gasteiger partial charge in [-0.1, -0.05) is 6.07 Å². The number of unbranched alkanes of at least 4 members (excludes halogenated alkanes) is 1. The number of guanidine groups is 1. The van der Waals surface area contributed by atoms with Crippen LogP contribution in [0, 0.1) is 0 Å². The van der Waals surface area contributed by atoms with E-state index in [4.69, 9.17) is 0 Å². The van der Waals surface area contributed by atoms with E-state index in [1.165, 1.54) is 7.05 Å². The Hall–Kier alpha value is -1.99. The monoisotopic (exact) mass is 317 g/mol. The van der Waals surface area contributed by atoms with Gasteiger partial charge in [-0.3, -0.25) is 4.99 Å². The van der Waals surface area contributed by atoms with Crippen LogP contribution in [0.2, 0.25) is 0 Å². The average molecular weight is 317 g/mol. The first-order valence-electron chi connectivity index (χ1n) is 7.17. The Bertz CT molecular complexity index is 434. The Morgan fingerprint density at radius 3 is 2.50 bits per heavy atom. The van der Waals surface area contributed by atoms with Crippen LogP contribution in [0.25, 0.3) is 0 Å². The van der Waals surface area contributed by atoms with E-state index in [2.05, 4.69) is 25.9 Å². The zero-order chi connectivity index (χ0) is 16.3. The number of rotatable bonds is 8.